The Morgan fingerprint density at radius 3 is 2.56 bits per heavy atom. The number of benzene rings is 1. The van der Waals surface area contributed by atoms with Crippen molar-refractivity contribution in [3.05, 3.63) is 70.8 Å². The minimum atomic E-state index is 0.514. The summed E-state index contributed by atoms with van der Waals surface area (Å²) in [7, 11) is 0. The first-order valence-corrected chi connectivity index (χ1v) is 8.93. The summed E-state index contributed by atoms with van der Waals surface area (Å²) in [6.07, 6.45) is 3.39. The third-order valence-electron chi connectivity index (χ3n) is 3.86. The highest BCUT2D eigenvalue weighted by molar-refractivity contribution is 7.13. The smallest absolute Gasteiger partial charge is 0.186 e. The summed E-state index contributed by atoms with van der Waals surface area (Å²) < 4.78 is 1.15. The molecule has 1 N–H and O–H groups in total. The van der Waals surface area contributed by atoms with Gasteiger partial charge in [-0.15, -0.1) is 11.3 Å². The van der Waals surface area contributed by atoms with E-state index in [-0.39, 0.29) is 0 Å². The summed E-state index contributed by atoms with van der Waals surface area (Å²) in [5, 5.41) is 13.5. The molecular weight excluding hydrogens is 354 g/mol. The number of hydrogen-bond donors (Lipinski definition) is 1. The normalized spacial score (nSPS) is 11.0. The first-order chi connectivity index (χ1) is 12.1. The molecule has 0 aliphatic carbocycles. The lowest BCUT2D eigenvalue weighted by Gasteiger charge is -2.06. The molecule has 0 unspecified atom stereocenters. The number of aromatic nitrogens is 3. The van der Waals surface area contributed by atoms with E-state index in [1.807, 2.05) is 54.8 Å². The SMILES string of the molecule is Cc1csc(-c2nc(-c3cccc(Cl)c3)c(-c3ccncc3)n2O)c1. The van der Waals surface area contributed by atoms with Gasteiger partial charge in [-0.3, -0.25) is 4.98 Å². The maximum atomic E-state index is 10.9. The molecule has 3 heterocycles. The van der Waals surface area contributed by atoms with Gasteiger partial charge in [-0.2, -0.15) is 4.73 Å². The first kappa shape index (κ1) is 15.9. The average Bonchev–Trinajstić information content (AvgIpc) is 3.19. The third-order valence-corrected chi connectivity index (χ3v) is 5.14. The molecule has 0 radical (unpaired) electrons. The number of hydrogen-bond acceptors (Lipinski definition) is 4. The van der Waals surface area contributed by atoms with E-state index in [0.29, 0.717) is 22.2 Å². The number of halogens is 1. The minimum Gasteiger partial charge on any atom is -0.426 e. The van der Waals surface area contributed by atoms with E-state index in [1.54, 1.807) is 23.7 Å². The first-order valence-electron chi connectivity index (χ1n) is 7.67. The predicted molar refractivity (Wildman–Crippen MR) is 101 cm³/mol. The number of imidazole rings is 1. The highest BCUT2D eigenvalue weighted by Gasteiger charge is 2.21. The summed E-state index contributed by atoms with van der Waals surface area (Å²) in [4.78, 5) is 9.69. The zero-order chi connectivity index (χ0) is 17.4. The van der Waals surface area contributed by atoms with E-state index in [0.717, 1.165) is 26.3 Å². The maximum Gasteiger partial charge on any atom is 0.186 e. The fraction of sp³-hybridized carbons (Fsp3) is 0.0526. The molecule has 0 spiro atoms. The van der Waals surface area contributed by atoms with Gasteiger partial charge in [0.2, 0.25) is 0 Å². The van der Waals surface area contributed by atoms with Gasteiger partial charge >= 0.3 is 0 Å². The molecule has 4 nitrogen and oxygen atoms in total. The second-order valence-corrected chi connectivity index (χ2v) is 7.03. The van der Waals surface area contributed by atoms with Gasteiger partial charge in [-0.1, -0.05) is 23.7 Å². The Balaban J connectivity index is 1.99. The van der Waals surface area contributed by atoms with Crippen LogP contribution in [0.15, 0.2) is 60.2 Å². The molecule has 0 atom stereocenters. The molecule has 0 aliphatic heterocycles. The van der Waals surface area contributed by atoms with Crippen LogP contribution in [0.25, 0.3) is 33.2 Å². The summed E-state index contributed by atoms with van der Waals surface area (Å²) >= 11 is 7.71. The molecule has 4 rings (SSSR count). The van der Waals surface area contributed by atoms with Crippen molar-refractivity contribution >= 4 is 22.9 Å². The topological polar surface area (TPSA) is 50.9 Å². The largest absolute Gasteiger partial charge is 0.426 e. The molecule has 1 aromatic carbocycles. The molecule has 0 saturated carbocycles. The Bertz CT molecular complexity index is 1040. The standard InChI is InChI=1S/C19H14ClN3OS/c1-12-9-16(25-11-12)19-22-17(14-3-2-4-15(20)10-14)18(23(19)24)13-5-7-21-8-6-13/h2-11,24H,1H3. The van der Waals surface area contributed by atoms with Crippen LogP contribution in [0.1, 0.15) is 5.56 Å². The highest BCUT2D eigenvalue weighted by atomic mass is 35.5. The van der Waals surface area contributed by atoms with E-state index in [2.05, 4.69) is 4.98 Å². The van der Waals surface area contributed by atoms with Crippen LogP contribution in [0, 0.1) is 6.92 Å². The molecule has 4 aromatic rings. The average molecular weight is 368 g/mol. The lowest BCUT2D eigenvalue weighted by Crippen LogP contribution is -1.96. The van der Waals surface area contributed by atoms with Crippen molar-refractivity contribution in [1.82, 2.24) is 14.7 Å². The van der Waals surface area contributed by atoms with Crippen molar-refractivity contribution in [2.45, 2.75) is 6.92 Å². The Hall–Kier alpha value is -2.63. The van der Waals surface area contributed by atoms with Gasteiger partial charge in [0, 0.05) is 28.5 Å². The summed E-state index contributed by atoms with van der Waals surface area (Å²) in [6, 6.07) is 13.2. The van der Waals surface area contributed by atoms with Crippen molar-refractivity contribution in [2.75, 3.05) is 0 Å². The van der Waals surface area contributed by atoms with Gasteiger partial charge in [0.1, 0.15) is 11.4 Å². The minimum absolute atomic E-state index is 0.514. The Morgan fingerprint density at radius 1 is 1.08 bits per heavy atom. The molecule has 0 amide bonds. The molecule has 0 fully saturated rings. The van der Waals surface area contributed by atoms with Crippen LogP contribution in [0.2, 0.25) is 5.02 Å². The molecule has 25 heavy (non-hydrogen) atoms. The van der Waals surface area contributed by atoms with Gasteiger partial charge in [-0.25, -0.2) is 4.98 Å². The fourth-order valence-electron chi connectivity index (χ4n) is 2.73. The molecule has 0 bridgehead atoms. The monoisotopic (exact) mass is 367 g/mol. The maximum absolute atomic E-state index is 10.9. The number of pyridine rings is 1. The molecule has 0 saturated heterocycles. The van der Waals surface area contributed by atoms with Crippen LogP contribution in [-0.4, -0.2) is 19.9 Å². The zero-order valence-electron chi connectivity index (χ0n) is 13.3. The Kier molecular flexibility index (Phi) is 4.03. The quantitative estimate of drug-likeness (QED) is 0.483. The van der Waals surface area contributed by atoms with E-state index >= 15 is 0 Å². The third kappa shape index (κ3) is 2.92. The number of nitrogens with zero attached hydrogens (tertiary/aromatic N) is 3. The number of aryl methyl sites for hydroxylation is 1. The van der Waals surface area contributed by atoms with Crippen LogP contribution < -0.4 is 0 Å². The molecule has 124 valence electrons. The van der Waals surface area contributed by atoms with Crippen LogP contribution >= 0.6 is 22.9 Å². The summed E-state index contributed by atoms with van der Waals surface area (Å²) in [6.45, 7) is 2.02. The van der Waals surface area contributed by atoms with Crippen molar-refractivity contribution < 1.29 is 5.21 Å². The van der Waals surface area contributed by atoms with E-state index in [4.69, 9.17) is 16.6 Å². The van der Waals surface area contributed by atoms with E-state index in [1.165, 1.54) is 0 Å². The molecule has 6 heteroatoms. The van der Waals surface area contributed by atoms with Crippen molar-refractivity contribution in [3.8, 4) is 33.2 Å². The highest BCUT2D eigenvalue weighted by Crippen LogP contribution is 2.37. The van der Waals surface area contributed by atoms with Crippen molar-refractivity contribution in [1.29, 1.82) is 0 Å². The Morgan fingerprint density at radius 2 is 1.88 bits per heavy atom. The van der Waals surface area contributed by atoms with Gasteiger partial charge in [0.15, 0.2) is 5.82 Å². The van der Waals surface area contributed by atoms with Crippen LogP contribution in [0.5, 0.6) is 0 Å². The van der Waals surface area contributed by atoms with Crippen molar-refractivity contribution in [3.63, 3.8) is 0 Å². The van der Waals surface area contributed by atoms with Crippen LogP contribution in [-0.2, 0) is 0 Å². The summed E-state index contributed by atoms with van der Waals surface area (Å²) in [5.74, 6) is 0.514. The van der Waals surface area contributed by atoms with Crippen LogP contribution in [0.3, 0.4) is 0 Å². The van der Waals surface area contributed by atoms with Crippen molar-refractivity contribution in [2.24, 2.45) is 0 Å². The number of thiophene rings is 1. The van der Waals surface area contributed by atoms with E-state index in [9.17, 15) is 5.21 Å². The van der Waals surface area contributed by atoms with Gasteiger partial charge < -0.3 is 5.21 Å². The Labute approximate surface area is 154 Å². The zero-order valence-corrected chi connectivity index (χ0v) is 14.9. The summed E-state index contributed by atoms with van der Waals surface area (Å²) in [5.41, 5.74) is 4.11. The van der Waals surface area contributed by atoms with Crippen LogP contribution in [0.4, 0.5) is 0 Å². The molecule has 0 aliphatic rings. The molecule has 3 aromatic heterocycles. The number of rotatable bonds is 3. The van der Waals surface area contributed by atoms with Gasteiger partial charge in [0.25, 0.3) is 0 Å². The molecular formula is C19H14ClN3OS. The second-order valence-electron chi connectivity index (χ2n) is 5.68. The van der Waals surface area contributed by atoms with Gasteiger partial charge in [0.05, 0.1) is 4.88 Å². The van der Waals surface area contributed by atoms with Gasteiger partial charge in [-0.05, 0) is 48.2 Å². The van der Waals surface area contributed by atoms with E-state index < -0.39 is 0 Å². The fourth-order valence-corrected chi connectivity index (χ4v) is 3.79. The second kappa shape index (κ2) is 6.35. The lowest BCUT2D eigenvalue weighted by atomic mass is 10.1. The lowest BCUT2D eigenvalue weighted by molar-refractivity contribution is 0.195. The predicted octanol–water partition coefficient (Wildman–Crippen LogP) is 5.54.